The minimum Gasteiger partial charge on any atom is -0.402 e. The summed E-state index contributed by atoms with van der Waals surface area (Å²) in [7, 11) is 0. The Kier molecular flexibility index (Phi) is 1.26. The second-order valence-corrected chi connectivity index (χ2v) is 2.50. The van der Waals surface area contributed by atoms with Gasteiger partial charge in [0.05, 0.1) is 0 Å². The average Bonchev–Trinajstić information content (AvgIpc) is 1.57. The van der Waals surface area contributed by atoms with Crippen molar-refractivity contribution in [2.24, 2.45) is 17.4 Å². The van der Waals surface area contributed by atoms with Crippen molar-refractivity contribution in [1.82, 2.24) is 0 Å². The van der Waals surface area contributed by atoms with E-state index in [0.717, 1.165) is 18.5 Å². The van der Waals surface area contributed by atoms with E-state index in [1.807, 2.05) is 0 Å². The first-order chi connectivity index (χ1) is 3.70. The summed E-state index contributed by atoms with van der Waals surface area (Å²) < 4.78 is 0. The molecule has 1 rings (SSSR count). The Morgan fingerprint density at radius 1 is 1.50 bits per heavy atom. The van der Waals surface area contributed by atoms with E-state index in [9.17, 15) is 0 Å². The van der Waals surface area contributed by atoms with E-state index < -0.39 is 0 Å². The predicted octanol–water partition coefficient (Wildman–Crippen LogP) is 0.196. The van der Waals surface area contributed by atoms with Gasteiger partial charge in [-0.2, -0.15) is 0 Å². The van der Waals surface area contributed by atoms with Gasteiger partial charge in [0.1, 0.15) is 0 Å². The van der Waals surface area contributed by atoms with Gasteiger partial charge in [-0.25, -0.2) is 0 Å². The summed E-state index contributed by atoms with van der Waals surface area (Å²) in [5, 5.41) is 0. The normalized spacial score (nSPS) is 36.1. The van der Waals surface area contributed by atoms with E-state index in [4.69, 9.17) is 11.5 Å². The van der Waals surface area contributed by atoms with Crippen LogP contribution in [-0.4, -0.2) is 6.04 Å². The van der Waals surface area contributed by atoms with E-state index in [-0.39, 0.29) is 0 Å². The molecule has 0 aromatic rings. The van der Waals surface area contributed by atoms with Gasteiger partial charge in [-0.1, -0.05) is 6.58 Å². The molecule has 46 valence electrons. The molecule has 0 atom stereocenters. The van der Waals surface area contributed by atoms with Crippen LogP contribution in [0.4, 0.5) is 0 Å². The molecule has 1 aliphatic rings. The van der Waals surface area contributed by atoms with Crippen molar-refractivity contribution in [2.75, 3.05) is 0 Å². The summed E-state index contributed by atoms with van der Waals surface area (Å²) >= 11 is 0. The maximum absolute atomic E-state index is 5.51. The third-order valence-electron chi connectivity index (χ3n) is 1.70. The van der Waals surface area contributed by atoms with Crippen LogP contribution in [0.2, 0.25) is 0 Å². The molecular weight excluding hydrogens is 100 g/mol. The zero-order valence-electron chi connectivity index (χ0n) is 4.93. The van der Waals surface area contributed by atoms with E-state index in [2.05, 4.69) is 6.58 Å². The lowest BCUT2D eigenvalue weighted by molar-refractivity contribution is 0.307. The summed E-state index contributed by atoms with van der Waals surface area (Å²) in [5.74, 6) is 0.519. The van der Waals surface area contributed by atoms with Crippen LogP contribution in [-0.2, 0) is 0 Å². The molecule has 2 heteroatoms. The minimum absolute atomic E-state index is 0.389. The molecule has 0 heterocycles. The van der Waals surface area contributed by atoms with Gasteiger partial charge in [0.25, 0.3) is 0 Å². The van der Waals surface area contributed by atoms with Gasteiger partial charge in [0, 0.05) is 17.7 Å². The molecule has 8 heavy (non-hydrogen) atoms. The van der Waals surface area contributed by atoms with Gasteiger partial charge < -0.3 is 11.5 Å². The largest absolute Gasteiger partial charge is 0.402 e. The number of rotatable bonds is 1. The number of hydrogen-bond donors (Lipinski definition) is 2. The highest BCUT2D eigenvalue weighted by Crippen LogP contribution is 2.28. The van der Waals surface area contributed by atoms with Crippen LogP contribution < -0.4 is 11.5 Å². The van der Waals surface area contributed by atoms with Gasteiger partial charge in [-0.3, -0.25) is 0 Å². The maximum atomic E-state index is 5.51. The van der Waals surface area contributed by atoms with Crippen molar-refractivity contribution in [3.05, 3.63) is 12.3 Å². The molecule has 0 amide bonds. The van der Waals surface area contributed by atoms with E-state index in [1.165, 1.54) is 0 Å². The lowest BCUT2D eigenvalue weighted by Gasteiger charge is -2.32. The Hall–Kier alpha value is -0.500. The van der Waals surface area contributed by atoms with Crippen molar-refractivity contribution < 1.29 is 0 Å². The topological polar surface area (TPSA) is 52.0 Å². The monoisotopic (exact) mass is 112 g/mol. The molecule has 0 aromatic heterocycles. The third-order valence-corrected chi connectivity index (χ3v) is 1.70. The molecule has 0 aromatic carbocycles. The smallest absolute Gasteiger partial charge is 0.00515 e. The predicted molar refractivity (Wildman–Crippen MR) is 34.0 cm³/mol. The highest BCUT2D eigenvalue weighted by atomic mass is 14.7. The summed E-state index contributed by atoms with van der Waals surface area (Å²) in [6.07, 6.45) is 2.07. The fourth-order valence-corrected chi connectivity index (χ4v) is 0.965. The first-order valence-corrected chi connectivity index (χ1v) is 2.90. The van der Waals surface area contributed by atoms with Crippen LogP contribution in [0.1, 0.15) is 12.8 Å². The van der Waals surface area contributed by atoms with E-state index in [1.54, 1.807) is 0 Å². The molecule has 0 bridgehead atoms. The fourth-order valence-electron chi connectivity index (χ4n) is 0.965. The molecule has 1 aliphatic carbocycles. The molecule has 0 saturated heterocycles. The van der Waals surface area contributed by atoms with Crippen molar-refractivity contribution in [3.8, 4) is 0 Å². The van der Waals surface area contributed by atoms with Crippen molar-refractivity contribution in [3.63, 3.8) is 0 Å². The lowest BCUT2D eigenvalue weighted by atomic mass is 9.79. The van der Waals surface area contributed by atoms with Crippen molar-refractivity contribution in [2.45, 2.75) is 18.9 Å². The maximum Gasteiger partial charge on any atom is 0.00515 e. The number of allylic oxidation sites excluding steroid dienone is 1. The Bertz CT molecular complexity index is 103. The molecule has 0 unspecified atom stereocenters. The van der Waals surface area contributed by atoms with Crippen LogP contribution in [0.15, 0.2) is 12.3 Å². The molecule has 0 radical (unpaired) electrons. The Morgan fingerprint density at radius 2 is 2.00 bits per heavy atom. The molecule has 2 nitrogen and oxygen atoms in total. The first-order valence-electron chi connectivity index (χ1n) is 2.90. The highest BCUT2D eigenvalue weighted by molar-refractivity contribution is 5.02. The fraction of sp³-hybridized carbons (Fsp3) is 0.667. The van der Waals surface area contributed by atoms with Crippen molar-refractivity contribution in [1.29, 1.82) is 0 Å². The Morgan fingerprint density at radius 3 is 2.12 bits per heavy atom. The second kappa shape index (κ2) is 1.78. The van der Waals surface area contributed by atoms with Crippen LogP contribution >= 0.6 is 0 Å². The zero-order valence-corrected chi connectivity index (χ0v) is 4.93. The molecule has 0 aliphatic heterocycles. The molecule has 1 saturated carbocycles. The highest BCUT2D eigenvalue weighted by Gasteiger charge is 2.26. The van der Waals surface area contributed by atoms with Crippen LogP contribution in [0, 0.1) is 5.92 Å². The SMILES string of the molecule is C=C(N)C1CC(N)C1. The van der Waals surface area contributed by atoms with E-state index in [0.29, 0.717) is 12.0 Å². The van der Waals surface area contributed by atoms with Crippen LogP contribution in [0.5, 0.6) is 0 Å². The van der Waals surface area contributed by atoms with Gasteiger partial charge in [-0.15, -0.1) is 0 Å². The quantitative estimate of drug-likeness (QED) is 0.509. The third kappa shape index (κ3) is 0.842. The summed E-state index contributed by atoms with van der Waals surface area (Å²) in [6.45, 7) is 3.63. The summed E-state index contributed by atoms with van der Waals surface area (Å²) in [6, 6.07) is 0.389. The van der Waals surface area contributed by atoms with Gasteiger partial charge >= 0.3 is 0 Å². The standard InChI is InChI=1S/C6H12N2/c1-4(7)5-2-6(8)3-5/h5-6H,1-3,7-8H2. The van der Waals surface area contributed by atoms with Crippen molar-refractivity contribution >= 4 is 0 Å². The molecular formula is C6H12N2. The first kappa shape index (κ1) is 5.63. The Labute approximate surface area is 49.5 Å². The zero-order chi connectivity index (χ0) is 6.15. The second-order valence-electron chi connectivity index (χ2n) is 2.50. The van der Waals surface area contributed by atoms with Gasteiger partial charge in [0.2, 0.25) is 0 Å². The summed E-state index contributed by atoms with van der Waals surface area (Å²) in [5.41, 5.74) is 11.7. The van der Waals surface area contributed by atoms with Crippen LogP contribution in [0.25, 0.3) is 0 Å². The van der Waals surface area contributed by atoms with E-state index >= 15 is 0 Å². The van der Waals surface area contributed by atoms with Gasteiger partial charge in [0.15, 0.2) is 0 Å². The molecule has 4 N–H and O–H groups in total. The minimum atomic E-state index is 0.389. The number of hydrogen-bond acceptors (Lipinski definition) is 2. The Balaban J connectivity index is 2.25. The van der Waals surface area contributed by atoms with Crippen LogP contribution in [0.3, 0.4) is 0 Å². The van der Waals surface area contributed by atoms with Gasteiger partial charge in [-0.05, 0) is 12.8 Å². The average molecular weight is 112 g/mol. The molecule has 0 spiro atoms. The lowest BCUT2D eigenvalue weighted by Crippen LogP contribution is -2.38. The number of nitrogens with two attached hydrogens (primary N) is 2. The summed E-state index contributed by atoms with van der Waals surface area (Å²) in [4.78, 5) is 0. The molecule has 1 fully saturated rings.